The van der Waals surface area contributed by atoms with Crippen molar-refractivity contribution in [1.29, 1.82) is 0 Å². The van der Waals surface area contributed by atoms with Gasteiger partial charge in [0.15, 0.2) is 0 Å². The summed E-state index contributed by atoms with van der Waals surface area (Å²) in [6.45, 7) is 1.95. The van der Waals surface area contributed by atoms with E-state index in [-0.39, 0.29) is 23.6 Å². The molecule has 0 aromatic carbocycles. The summed E-state index contributed by atoms with van der Waals surface area (Å²) in [5, 5.41) is 0. The average Bonchev–Trinajstić information content (AvgIpc) is 3.01. The molecule has 32 heavy (non-hydrogen) atoms. The van der Waals surface area contributed by atoms with E-state index in [1.165, 1.54) is 12.3 Å². The van der Waals surface area contributed by atoms with Crippen LogP contribution >= 0.6 is 0 Å². The monoisotopic (exact) mass is 446 g/mol. The lowest BCUT2D eigenvalue weighted by Crippen LogP contribution is -2.48. The molecule has 1 spiro atoms. The maximum atomic E-state index is 13.5. The molecule has 3 heterocycles. The number of anilines is 1. The Morgan fingerprint density at radius 1 is 1.00 bits per heavy atom. The lowest BCUT2D eigenvalue weighted by molar-refractivity contribution is -0.0528. The van der Waals surface area contributed by atoms with E-state index < -0.39 is 6.61 Å². The molecule has 0 bridgehead atoms. The molecule has 0 radical (unpaired) electrons. The van der Waals surface area contributed by atoms with Crippen LogP contribution in [0.15, 0.2) is 36.7 Å². The van der Waals surface area contributed by atoms with Gasteiger partial charge in [0.2, 0.25) is 11.8 Å². The Hall–Kier alpha value is -2.97. The van der Waals surface area contributed by atoms with Gasteiger partial charge in [0, 0.05) is 24.9 Å². The molecular weight excluding hydrogens is 418 g/mol. The number of carbonyl (C=O) groups is 1. The SMILES string of the molecule is CC(C)Oc1ccc(CN2C(=O)N(c3ccc(OC(F)F)nc3)CC23CCCCC3)cn1. The molecule has 2 aliphatic rings. The fourth-order valence-corrected chi connectivity index (χ4v) is 4.56. The molecular formula is C23H28F2N4O3. The second kappa shape index (κ2) is 9.26. The number of alkyl halides is 2. The third kappa shape index (κ3) is 4.76. The van der Waals surface area contributed by atoms with Gasteiger partial charge in [-0.25, -0.2) is 14.8 Å². The van der Waals surface area contributed by atoms with Gasteiger partial charge in [0.05, 0.1) is 30.1 Å². The van der Waals surface area contributed by atoms with Gasteiger partial charge in [-0.2, -0.15) is 8.78 Å². The molecule has 2 amide bonds. The van der Waals surface area contributed by atoms with E-state index in [1.807, 2.05) is 30.9 Å². The minimum absolute atomic E-state index is 0.0404. The molecule has 1 saturated heterocycles. The van der Waals surface area contributed by atoms with Gasteiger partial charge in [-0.1, -0.05) is 25.3 Å². The van der Waals surface area contributed by atoms with E-state index >= 15 is 0 Å². The van der Waals surface area contributed by atoms with Gasteiger partial charge in [-0.05, 0) is 38.3 Å². The van der Waals surface area contributed by atoms with Crippen LogP contribution in [-0.2, 0) is 6.54 Å². The molecule has 7 nitrogen and oxygen atoms in total. The standard InChI is InChI=1S/C23H28F2N4O3/c1-16(2)31-19-8-6-17(12-26-19)14-29-22(30)28(15-23(29)10-4-3-5-11-23)18-7-9-20(27-13-18)32-21(24)25/h6-9,12-13,16,21H,3-5,10-11,14-15H2,1-2H3. The molecule has 2 aromatic rings. The van der Waals surface area contributed by atoms with Crippen molar-refractivity contribution in [2.75, 3.05) is 11.4 Å². The van der Waals surface area contributed by atoms with Crippen LogP contribution in [0, 0.1) is 0 Å². The number of ether oxygens (including phenoxy) is 2. The van der Waals surface area contributed by atoms with E-state index in [2.05, 4.69) is 14.7 Å². The highest BCUT2D eigenvalue weighted by Crippen LogP contribution is 2.42. The number of hydrogen-bond acceptors (Lipinski definition) is 5. The van der Waals surface area contributed by atoms with Crippen molar-refractivity contribution in [2.45, 2.75) is 70.8 Å². The Balaban J connectivity index is 1.55. The number of pyridine rings is 2. The predicted octanol–water partition coefficient (Wildman–Crippen LogP) is 5.01. The Bertz CT molecular complexity index is 916. The molecule has 2 aromatic heterocycles. The summed E-state index contributed by atoms with van der Waals surface area (Å²) in [6, 6.07) is 6.62. The molecule has 1 aliphatic heterocycles. The van der Waals surface area contributed by atoms with Gasteiger partial charge >= 0.3 is 12.6 Å². The Labute approximate surface area is 186 Å². The van der Waals surface area contributed by atoms with Crippen molar-refractivity contribution in [3.8, 4) is 11.8 Å². The summed E-state index contributed by atoms with van der Waals surface area (Å²) in [5.74, 6) is 0.386. The molecule has 1 aliphatic carbocycles. The zero-order valence-electron chi connectivity index (χ0n) is 18.3. The summed E-state index contributed by atoms with van der Waals surface area (Å²) in [4.78, 5) is 25.4. The maximum Gasteiger partial charge on any atom is 0.388 e. The number of urea groups is 1. The van der Waals surface area contributed by atoms with Gasteiger partial charge in [0.25, 0.3) is 0 Å². The smallest absolute Gasteiger partial charge is 0.388 e. The minimum atomic E-state index is -2.94. The molecule has 172 valence electrons. The first kappa shape index (κ1) is 22.2. The minimum Gasteiger partial charge on any atom is -0.475 e. The highest BCUT2D eigenvalue weighted by atomic mass is 19.3. The number of hydrogen-bond donors (Lipinski definition) is 0. The maximum absolute atomic E-state index is 13.5. The van der Waals surface area contributed by atoms with Crippen LogP contribution in [0.3, 0.4) is 0 Å². The first-order valence-electron chi connectivity index (χ1n) is 11.0. The van der Waals surface area contributed by atoms with Crippen LogP contribution in [0.4, 0.5) is 19.3 Å². The number of carbonyl (C=O) groups excluding carboxylic acids is 1. The average molecular weight is 446 g/mol. The molecule has 0 N–H and O–H groups in total. The largest absolute Gasteiger partial charge is 0.475 e. The lowest BCUT2D eigenvalue weighted by atomic mass is 9.81. The summed E-state index contributed by atoms with van der Waals surface area (Å²) in [7, 11) is 0. The van der Waals surface area contributed by atoms with Gasteiger partial charge < -0.3 is 14.4 Å². The van der Waals surface area contributed by atoms with Gasteiger partial charge in [-0.15, -0.1) is 0 Å². The number of nitrogens with zero attached hydrogens (tertiary/aromatic N) is 4. The third-order valence-electron chi connectivity index (χ3n) is 6.01. The second-order valence-electron chi connectivity index (χ2n) is 8.64. The first-order valence-corrected chi connectivity index (χ1v) is 11.0. The van der Waals surface area contributed by atoms with Crippen molar-refractivity contribution < 1.29 is 23.0 Å². The van der Waals surface area contributed by atoms with E-state index in [0.717, 1.165) is 37.7 Å². The molecule has 4 rings (SSSR count). The zero-order chi connectivity index (χ0) is 22.7. The number of amides is 2. The Kier molecular flexibility index (Phi) is 6.43. The third-order valence-corrected chi connectivity index (χ3v) is 6.01. The number of aromatic nitrogens is 2. The summed E-state index contributed by atoms with van der Waals surface area (Å²) < 4.78 is 34.8. The van der Waals surface area contributed by atoms with Crippen LogP contribution in [0.1, 0.15) is 51.5 Å². The normalized spacial score (nSPS) is 18.1. The Morgan fingerprint density at radius 2 is 1.69 bits per heavy atom. The van der Waals surface area contributed by atoms with E-state index in [0.29, 0.717) is 24.7 Å². The van der Waals surface area contributed by atoms with E-state index in [1.54, 1.807) is 17.2 Å². The second-order valence-corrected chi connectivity index (χ2v) is 8.64. The number of rotatable bonds is 7. The van der Waals surface area contributed by atoms with Crippen molar-refractivity contribution in [3.05, 3.63) is 42.2 Å². The molecule has 0 atom stereocenters. The van der Waals surface area contributed by atoms with Crippen molar-refractivity contribution in [3.63, 3.8) is 0 Å². The fourth-order valence-electron chi connectivity index (χ4n) is 4.56. The van der Waals surface area contributed by atoms with Crippen molar-refractivity contribution >= 4 is 11.7 Å². The van der Waals surface area contributed by atoms with Crippen LogP contribution in [0.25, 0.3) is 0 Å². The summed E-state index contributed by atoms with van der Waals surface area (Å²) in [6.07, 6.45) is 8.35. The van der Waals surface area contributed by atoms with E-state index in [4.69, 9.17) is 4.74 Å². The summed E-state index contributed by atoms with van der Waals surface area (Å²) >= 11 is 0. The Morgan fingerprint density at radius 3 is 2.28 bits per heavy atom. The highest BCUT2D eigenvalue weighted by Gasteiger charge is 2.50. The molecule has 1 saturated carbocycles. The number of halogens is 2. The molecule has 9 heteroatoms. The topological polar surface area (TPSA) is 67.8 Å². The summed E-state index contributed by atoms with van der Waals surface area (Å²) in [5.41, 5.74) is 1.24. The lowest BCUT2D eigenvalue weighted by Gasteiger charge is -2.40. The zero-order valence-corrected chi connectivity index (χ0v) is 18.3. The van der Waals surface area contributed by atoms with Crippen LogP contribution in [0.2, 0.25) is 0 Å². The van der Waals surface area contributed by atoms with Crippen LogP contribution in [-0.4, -0.2) is 45.7 Å². The fraction of sp³-hybridized carbons (Fsp3) is 0.522. The first-order chi connectivity index (χ1) is 15.4. The molecule has 0 unspecified atom stereocenters. The predicted molar refractivity (Wildman–Crippen MR) is 115 cm³/mol. The molecule has 2 fully saturated rings. The van der Waals surface area contributed by atoms with E-state index in [9.17, 15) is 13.6 Å². The van der Waals surface area contributed by atoms with Gasteiger partial charge in [-0.3, -0.25) is 4.90 Å². The van der Waals surface area contributed by atoms with Crippen molar-refractivity contribution in [2.24, 2.45) is 0 Å². The van der Waals surface area contributed by atoms with Crippen molar-refractivity contribution in [1.82, 2.24) is 14.9 Å². The quantitative estimate of drug-likeness (QED) is 0.598. The van der Waals surface area contributed by atoms with Gasteiger partial charge in [0.1, 0.15) is 0 Å². The highest BCUT2D eigenvalue weighted by molar-refractivity contribution is 5.95. The van der Waals surface area contributed by atoms with Crippen LogP contribution < -0.4 is 14.4 Å². The van der Waals surface area contributed by atoms with Crippen LogP contribution in [0.5, 0.6) is 11.8 Å².